The van der Waals surface area contributed by atoms with Gasteiger partial charge in [-0.3, -0.25) is 0 Å². The van der Waals surface area contributed by atoms with Crippen molar-refractivity contribution in [1.82, 2.24) is 20.9 Å². The number of benzene rings is 1. The molecule has 3 amide bonds. The number of rotatable bonds is 21. The Labute approximate surface area is 261 Å². The third-order valence-electron chi connectivity index (χ3n) is 7.02. The van der Waals surface area contributed by atoms with Crippen molar-refractivity contribution >= 4 is 24.9 Å². The maximum absolute atomic E-state index is 13.2. The average molecular weight is 620 g/mol. The van der Waals surface area contributed by atoms with E-state index < -0.39 is 35.5 Å². The summed E-state index contributed by atoms with van der Waals surface area (Å²) >= 11 is 0. The van der Waals surface area contributed by atoms with Crippen LogP contribution in [-0.2, 0) is 35.3 Å². The first kappa shape index (κ1) is 37.3. The molecule has 44 heavy (non-hydrogen) atoms. The monoisotopic (exact) mass is 619 g/mol. The number of β-amino-alcohol motifs (C(OH)–C–C–N with tert-alkyl or cyclic N) is 1. The van der Waals surface area contributed by atoms with Gasteiger partial charge >= 0.3 is 185 Å². The van der Waals surface area contributed by atoms with Crippen molar-refractivity contribution in [2.75, 3.05) is 39.4 Å². The van der Waals surface area contributed by atoms with Gasteiger partial charge in [-0.05, 0) is 40.5 Å². The third-order valence-corrected chi connectivity index (χ3v) is 7.02. The first-order valence-electron chi connectivity index (χ1n) is 15.4. The van der Waals surface area contributed by atoms with E-state index in [9.17, 15) is 24.2 Å². The van der Waals surface area contributed by atoms with Gasteiger partial charge in [0.15, 0.2) is 0 Å². The minimum atomic E-state index is -1.04. The van der Waals surface area contributed by atoms with Gasteiger partial charge in [0.05, 0.1) is 19.8 Å². The predicted octanol–water partition coefficient (Wildman–Crippen LogP) is 0.422. The summed E-state index contributed by atoms with van der Waals surface area (Å²) in [6.07, 6.45) is 1.84. The molecule has 1 aromatic carbocycles. The van der Waals surface area contributed by atoms with Crippen LogP contribution < -0.4 is 26.4 Å². The topological polar surface area (TPSA) is 182 Å². The van der Waals surface area contributed by atoms with Gasteiger partial charge in [-0.15, -0.1) is 0 Å². The fourth-order valence-electron chi connectivity index (χ4n) is 4.95. The molecule has 0 radical (unpaired) electrons. The summed E-state index contributed by atoms with van der Waals surface area (Å²) in [7, 11) is 0.585. The van der Waals surface area contributed by atoms with Crippen molar-refractivity contribution in [3.63, 3.8) is 0 Å². The average Bonchev–Trinajstić information content (AvgIpc) is 3.42. The van der Waals surface area contributed by atoms with E-state index in [1.165, 1.54) is 0 Å². The van der Waals surface area contributed by atoms with Crippen molar-refractivity contribution in [2.24, 2.45) is 5.73 Å². The molecule has 4 unspecified atom stereocenters. The zero-order chi connectivity index (χ0) is 32.5. The van der Waals surface area contributed by atoms with E-state index in [0.717, 1.165) is 24.8 Å². The van der Waals surface area contributed by atoms with Crippen molar-refractivity contribution in [2.45, 2.75) is 96.0 Å². The number of hydrogen-bond donors (Lipinski definition) is 5. The van der Waals surface area contributed by atoms with Gasteiger partial charge in [-0.25, -0.2) is 9.78 Å². The van der Waals surface area contributed by atoms with E-state index in [-0.39, 0.29) is 37.8 Å². The number of ether oxygens (including phenoxy) is 1. The van der Waals surface area contributed by atoms with Gasteiger partial charge in [0.25, 0.3) is 0 Å². The van der Waals surface area contributed by atoms with Gasteiger partial charge in [0.1, 0.15) is 0 Å². The van der Waals surface area contributed by atoms with Crippen LogP contribution in [-0.4, -0.2) is 104 Å². The summed E-state index contributed by atoms with van der Waals surface area (Å²) in [5, 5.41) is 20.0. The number of carbonyl (C=O) groups is 3. The van der Waals surface area contributed by atoms with E-state index in [2.05, 4.69) is 16.0 Å². The molecule has 0 saturated carbocycles. The Bertz CT molecular complexity index is 1040. The van der Waals surface area contributed by atoms with Crippen LogP contribution in [0.3, 0.4) is 0 Å². The van der Waals surface area contributed by atoms with Gasteiger partial charge in [-0.2, -0.15) is 0 Å². The number of unbranched alkanes of at least 4 members (excludes halogenated alkanes) is 1. The predicted molar refractivity (Wildman–Crippen MR) is 165 cm³/mol. The van der Waals surface area contributed by atoms with E-state index >= 15 is 0 Å². The molecular formula is C30H50BN5O8. The summed E-state index contributed by atoms with van der Waals surface area (Å²) in [5.41, 5.74) is 5.78. The summed E-state index contributed by atoms with van der Waals surface area (Å²) in [5.74, 6) is -0.681. The second kappa shape index (κ2) is 19.5. The molecule has 0 aliphatic carbocycles. The fraction of sp³-hybridized carbons (Fsp3) is 0.700. The van der Waals surface area contributed by atoms with E-state index in [4.69, 9.17) is 20.2 Å². The molecule has 1 heterocycles. The third kappa shape index (κ3) is 14.3. The van der Waals surface area contributed by atoms with Gasteiger partial charge < -0.3 is 0 Å². The molecule has 0 bridgehead atoms. The zero-order valence-electron chi connectivity index (χ0n) is 26.5. The molecular weight excluding hydrogens is 569 g/mol. The molecule has 1 aliphatic rings. The molecule has 1 aromatic rings. The minimum absolute atomic E-state index is 0.0974. The Morgan fingerprint density at radius 3 is 2.48 bits per heavy atom. The van der Waals surface area contributed by atoms with E-state index in [1.807, 2.05) is 56.9 Å². The van der Waals surface area contributed by atoms with Crippen molar-refractivity contribution in [3.05, 3.63) is 29.8 Å². The molecule has 14 heteroatoms. The number of carbonyl (C=O) groups excluding carboxylic acids is 3. The number of aliphatic hydroxyl groups is 1. The first-order chi connectivity index (χ1) is 20.9. The van der Waals surface area contributed by atoms with Crippen molar-refractivity contribution in [3.8, 4) is 5.75 Å². The second-order valence-corrected chi connectivity index (χ2v) is 12.0. The van der Waals surface area contributed by atoms with Crippen LogP contribution in [0.4, 0.5) is 0 Å². The van der Waals surface area contributed by atoms with E-state index in [1.54, 1.807) is 0 Å². The molecule has 6 N–H and O–H groups in total. The number of primary amides is 1. The molecule has 2 rings (SSSR count). The zero-order valence-corrected chi connectivity index (χ0v) is 26.5. The number of likely N-dealkylation sites (tertiary alicyclic amines) is 1. The standard InChI is InChI=1S/C30H50BN5O8/c1-5-43-44-16-7-6-15-42-22-12-10-21(11-13-22)17-23(34-28(39)24(18-27(32)38)33-20-31-41)26(37)19-36-14-8-9-25(36)29(40)35-30(2,3)4/h10-13,23-26,33,37H,5-9,14-20H2,1-4H3,(H2,32,38)(H,34,39)(H,35,40). The maximum atomic E-state index is 13.2. The quantitative estimate of drug-likeness (QED) is 0.0560. The molecule has 13 nitrogen and oxygen atoms in total. The van der Waals surface area contributed by atoms with Crippen LogP contribution in [0.25, 0.3) is 0 Å². The number of nitrogens with zero attached hydrogens (tertiary/aromatic N) is 1. The summed E-state index contributed by atoms with van der Waals surface area (Å²) in [6, 6.07) is 5.18. The second-order valence-electron chi connectivity index (χ2n) is 12.0. The molecule has 0 spiro atoms. The van der Waals surface area contributed by atoms with Crippen molar-refractivity contribution < 1.29 is 38.7 Å². The molecule has 4 atom stereocenters. The van der Waals surface area contributed by atoms with Crippen LogP contribution >= 0.6 is 0 Å². The summed E-state index contributed by atoms with van der Waals surface area (Å²) < 4.78 is 16.7. The fourth-order valence-corrected chi connectivity index (χ4v) is 4.95. The Morgan fingerprint density at radius 2 is 1.84 bits per heavy atom. The van der Waals surface area contributed by atoms with Crippen molar-refractivity contribution in [1.29, 1.82) is 0 Å². The molecule has 1 aliphatic heterocycles. The van der Waals surface area contributed by atoms with E-state index in [0.29, 0.717) is 45.7 Å². The number of nitrogens with one attached hydrogen (secondary N) is 3. The van der Waals surface area contributed by atoms with Crippen LogP contribution in [0.5, 0.6) is 5.75 Å². The van der Waals surface area contributed by atoms with Gasteiger partial charge in [-0.1, -0.05) is 0 Å². The Morgan fingerprint density at radius 1 is 1.14 bits per heavy atom. The Hall–Kier alpha value is -2.91. The SMILES string of the molecule is CCOOCCCCOc1ccc(CC(NC(=O)C(CC(N)=O)NCB=O)C(O)CN2CCCC2C(=O)NC(C)(C)C)cc1. The Balaban J connectivity index is 2.12. The number of nitrogens with two attached hydrogens (primary N) is 1. The van der Waals surface area contributed by atoms with Crippen LogP contribution in [0.1, 0.15) is 65.4 Å². The van der Waals surface area contributed by atoms with Crippen LogP contribution in [0, 0.1) is 0 Å². The van der Waals surface area contributed by atoms with Crippen LogP contribution in [0.15, 0.2) is 24.3 Å². The summed E-state index contributed by atoms with van der Waals surface area (Å²) in [4.78, 5) is 49.6. The first-order valence-corrected chi connectivity index (χ1v) is 15.4. The van der Waals surface area contributed by atoms with Gasteiger partial charge in [0.2, 0.25) is 0 Å². The molecule has 1 fully saturated rings. The van der Waals surface area contributed by atoms with Crippen LogP contribution in [0.2, 0.25) is 0 Å². The normalized spacial score (nSPS) is 17.3. The molecule has 246 valence electrons. The number of amides is 3. The number of hydrogen-bond acceptors (Lipinski definition) is 10. The number of aliphatic hydroxyl groups excluding tert-OH is 1. The van der Waals surface area contributed by atoms with Gasteiger partial charge in [0, 0.05) is 5.54 Å². The molecule has 1 saturated heterocycles. The summed E-state index contributed by atoms with van der Waals surface area (Å²) in [6.45, 7) is 9.91. The Kier molecular flexibility index (Phi) is 16.5. The molecule has 0 aromatic heterocycles.